The average Bonchev–Trinajstić information content (AvgIpc) is 3.27. The van der Waals surface area contributed by atoms with Crippen molar-refractivity contribution in [3.63, 3.8) is 0 Å². The number of hydrogen-bond donors (Lipinski definition) is 2. The zero-order valence-electron chi connectivity index (χ0n) is 11.5. The summed E-state index contributed by atoms with van der Waals surface area (Å²) >= 11 is 0. The molecule has 6 heteroatoms. The SMILES string of the molecule is CCN(CC1CC1)C(=O)C1(C(N)=NO)CCOCC1. The number of ether oxygens (including phenoxy) is 1. The normalized spacial score (nSPS) is 23.1. The number of oxime groups is 1. The number of rotatable bonds is 5. The second kappa shape index (κ2) is 5.77. The fraction of sp³-hybridized carbons (Fsp3) is 0.846. The van der Waals surface area contributed by atoms with Crippen molar-refractivity contribution in [2.75, 3.05) is 26.3 Å². The smallest absolute Gasteiger partial charge is 0.236 e. The van der Waals surface area contributed by atoms with E-state index in [-0.39, 0.29) is 11.7 Å². The lowest BCUT2D eigenvalue weighted by Gasteiger charge is -2.38. The van der Waals surface area contributed by atoms with Gasteiger partial charge >= 0.3 is 0 Å². The Morgan fingerprint density at radius 3 is 2.58 bits per heavy atom. The summed E-state index contributed by atoms with van der Waals surface area (Å²) in [5, 5.41) is 12.1. The topological polar surface area (TPSA) is 88.2 Å². The van der Waals surface area contributed by atoms with Gasteiger partial charge in [-0.25, -0.2) is 0 Å². The summed E-state index contributed by atoms with van der Waals surface area (Å²) in [6, 6.07) is 0. The third kappa shape index (κ3) is 2.83. The van der Waals surface area contributed by atoms with Crippen LogP contribution in [0, 0.1) is 11.3 Å². The largest absolute Gasteiger partial charge is 0.409 e. The molecule has 0 unspecified atom stereocenters. The Morgan fingerprint density at radius 2 is 2.11 bits per heavy atom. The maximum absolute atomic E-state index is 12.8. The summed E-state index contributed by atoms with van der Waals surface area (Å²) in [5.41, 5.74) is 4.94. The summed E-state index contributed by atoms with van der Waals surface area (Å²) in [4.78, 5) is 14.7. The van der Waals surface area contributed by atoms with Crippen molar-refractivity contribution in [1.29, 1.82) is 0 Å². The molecule has 3 N–H and O–H groups in total. The first-order chi connectivity index (χ1) is 9.14. The Balaban J connectivity index is 2.18. The quantitative estimate of drug-likeness (QED) is 0.334. The zero-order valence-corrected chi connectivity index (χ0v) is 11.5. The number of nitrogens with zero attached hydrogens (tertiary/aromatic N) is 2. The van der Waals surface area contributed by atoms with Crippen LogP contribution in [0.25, 0.3) is 0 Å². The number of amidine groups is 1. The molecule has 0 radical (unpaired) electrons. The van der Waals surface area contributed by atoms with Crippen molar-refractivity contribution in [2.24, 2.45) is 22.2 Å². The number of nitrogens with two attached hydrogens (primary N) is 1. The van der Waals surface area contributed by atoms with Crippen LogP contribution >= 0.6 is 0 Å². The molecule has 19 heavy (non-hydrogen) atoms. The van der Waals surface area contributed by atoms with E-state index in [0.29, 0.717) is 38.5 Å². The zero-order chi connectivity index (χ0) is 13.9. The molecular weight excluding hydrogens is 246 g/mol. The van der Waals surface area contributed by atoms with Gasteiger partial charge in [-0.3, -0.25) is 4.79 Å². The monoisotopic (exact) mass is 269 g/mol. The minimum atomic E-state index is -0.877. The van der Waals surface area contributed by atoms with Crippen molar-refractivity contribution < 1.29 is 14.7 Å². The van der Waals surface area contributed by atoms with Crippen molar-refractivity contribution in [2.45, 2.75) is 32.6 Å². The van der Waals surface area contributed by atoms with Gasteiger partial charge in [0.2, 0.25) is 5.91 Å². The van der Waals surface area contributed by atoms with E-state index in [1.807, 2.05) is 11.8 Å². The molecule has 1 saturated heterocycles. The summed E-state index contributed by atoms with van der Waals surface area (Å²) in [5.74, 6) is 0.642. The van der Waals surface area contributed by atoms with Crippen LogP contribution in [0.15, 0.2) is 5.16 Å². The molecule has 2 rings (SSSR count). The van der Waals surface area contributed by atoms with Crippen LogP contribution in [0.5, 0.6) is 0 Å². The van der Waals surface area contributed by atoms with E-state index in [2.05, 4.69) is 5.16 Å². The lowest BCUT2D eigenvalue weighted by molar-refractivity contribution is -0.142. The van der Waals surface area contributed by atoms with Crippen LogP contribution in [0.4, 0.5) is 0 Å². The van der Waals surface area contributed by atoms with Crippen molar-refractivity contribution in [1.82, 2.24) is 4.90 Å². The summed E-state index contributed by atoms with van der Waals surface area (Å²) in [6.07, 6.45) is 3.37. The highest BCUT2D eigenvalue weighted by Gasteiger charge is 2.47. The molecule has 0 bridgehead atoms. The van der Waals surface area contributed by atoms with E-state index < -0.39 is 5.41 Å². The van der Waals surface area contributed by atoms with Gasteiger partial charge in [-0.15, -0.1) is 0 Å². The van der Waals surface area contributed by atoms with Crippen LogP contribution in [-0.4, -0.2) is 48.2 Å². The molecule has 6 nitrogen and oxygen atoms in total. The fourth-order valence-electron chi connectivity index (χ4n) is 2.67. The van der Waals surface area contributed by atoms with E-state index in [0.717, 1.165) is 6.54 Å². The maximum atomic E-state index is 12.8. The molecular formula is C13H23N3O3. The van der Waals surface area contributed by atoms with Gasteiger partial charge in [-0.05, 0) is 38.5 Å². The predicted molar refractivity (Wildman–Crippen MR) is 70.9 cm³/mol. The molecule has 1 amide bonds. The minimum Gasteiger partial charge on any atom is -0.409 e. The van der Waals surface area contributed by atoms with Gasteiger partial charge in [0.25, 0.3) is 0 Å². The Bertz CT molecular complexity index is 360. The summed E-state index contributed by atoms with van der Waals surface area (Å²) < 4.78 is 5.31. The van der Waals surface area contributed by atoms with E-state index >= 15 is 0 Å². The van der Waals surface area contributed by atoms with Gasteiger partial charge in [-0.1, -0.05) is 5.16 Å². The van der Waals surface area contributed by atoms with E-state index in [4.69, 9.17) is 15.7 Å². The molecule has 0 aromatic carbocycles. The number of amides is 1. The Kier molecular flexibility index (Phi) is 4.29. The van der Waals surface area contributed by atoms with Gasteiger partial charge in [0, 0.05) is 26.3 Å². The predicted octanol–water partition coefficient (Wildman–Crippen LogP) is 0.788. The number of hydrogen-bond acceptors (Lipinski definition) is 4. The summed E-state index contributed by atoms with van der Waals surface area (Å²) in [6.45, 7) is 4.37. The van der Waals surface area contributed by atoms with Gasteiger partial charge in [0.15, 0.2) is 5.84 Å². The third-order valence-electron chi connectivity index (χ3n) is 4.20. The molecule has 0 aromatic rings. The Labute approximate surface area is 113 Å². The maximum Gasteiger partial charge on any atom is 0.236 e. The van der Waals surface area contributed by atoms with E-state index in [1.165, 1.54) is 12.8 Å². The molecule has 108 valence electrons. The molecule has 2 fully saturated rings. The van der Waals surface area contributed by atoms with Crippen molar-refractivity contribution in [3.05, 3.63) is 0 Å². The number of carbonyl (C=O) groups excluding carboxylic acids is 1. The van der Waals surface area contributed by atoms with E-state index in [1.54, 1.807) is 0 Å². The molecule has 1 heterocycles. The Morgan fingerprint density at radius 1 is 1.47 bits per heavy atom. The Hall–Kier alpha value is -1.30. The highest BCUT2D eigenvalue weighted by Crippen LogP contribution is 2.35. The first kappa shape index (κ1) is 14.1. The molecule has 0 aromatic heterocycles. The number of carbonyl (C=O) groups is 1. The first-order valence-corrected chi connectivity index (χ1v) is 6.99. The lowest BCUT2D eigenvalue weighted by Crippen LogP contribution is -2.54. The molecule has 1 saturated carbocycles. The van der Waals surface area contributed by atoms with Crippen molar-refractivity contribution >= 4 is 11.7 Å². The molecule has 2 aliphatic rings. The summed E-state index contributed by atoms with van der Waals surface area (Å²) in [7, 11) is 0. The standard InChI is InChI=1S/C13H23N3O3/c1-2-16(9-10-3-4-10)12(17)13(11(14)15-18)5-7-19-8-6-13/h10,18H,2-9H2,1H3,(H2,14,15). The fourth-order valence-corrected chi connectivity index (χ4v) is 2.67. The molecule has 1 aliphatic heterocycles. The second-order valence-corrected chi connectivity index (χ2v) is 5.47. The van der Waals surface area contributed by atoms with Crippen LogP contribution in [0.1, 0.15) is 32.6 Å². The molecule has 0 spiro atoms. The highest BCUT2D eigenvalue weighted by molar-refractivity contribution is 6.06. The van der Waals surface area contributed by atoms with Crippen LogP contribution < -0.4 is 5.73 Å². The van der Waals surface area contributed by atoms with Gasteiger partial charge in [0.05, 0.1) is 0 Å². The van der Waals surface area contributed by atoms with Crippen molar-refractivity contribution in [3.8, 4) is 0 Å². The van der Waals surface area contributed by atoms with Crippen LogP contribution in [-0.2, 0) is 9.53 Å². The van der Waals surface area contributed by atoms with E-state index in [9.17, 15) is 4.79 Å². The van der Waals surface area contributed by atoms with Gasteiger partial charge in [-0.2, -0.15) is 0 Å². The lowest BCUT2D eigenvalue weighted by atomic mass is 9.77. The van der Waals surface area contributed by atoms with Crippen LogP contribution in [0.3, 0.4) is 0 Å². The second-order valence-electron chi connectivity index (χ2n) is 5.47. The molecule has 0 atom stereocenters. The third-order valence-corrected chi connectivity index (χ3v) is 4.20. The molecule has 1 aliphatic carbocycles. The first-order valence-electron chi connectivity index (χ1n) is 6.99. The van der Waals surface area contributed by atoms with Crippen LogP contribution in [0.2, 0.25) is 0 Å². The highest BCUT2D eigenvalue weighted by atomic mass is 16.5. The van der Waals surface area contributed by atoms with Gasteiger partial charge in [0.1, 0.15) is 5.41 Å². The average molecular weight is 269 g/mol. The van der Waals surface area contributed by atoms with Gasteiger partial charge < -0.3 is 20.6 Å². The minimum absolute atomic E-state index is 0.0134.